The first-order chi connectivity index (χ1) is 26.3. The van der Waals surface area contributed by atoms with Crippen LogP contribution in [0, 0.1) is 0 Å². The van der Waals surface area contributed by atoms with Gasteiger partial charge in [0.2, 0.25) is 5.89 Å². The van der Waals surface area contributed by atoms with E-state index in [4.69, 9.17) is 13.8 Å². The molecule has 0 saturated heterocycles. The molecule has 4 heteroatoms. The van der Waals surface area contributed by atoms with Crippen LogP contribution in [0.4, 0.5) is 17.1 Å². The van der Waals surface area contributed by atoms with Gasteiger partial charge in [0, 0.05) is 33.7 Å². The first-order valence-corrected chi connectivity index (χ1v) is 17.8. The molecule has 0 radical (unpaired) electrons. The van der Waals surface area contributed by atoms with Crippen LogP contribution in [-0.2, 0) is 0 Å². The number of hydrogen-bond donors (Lipinski definition) is 0. The molecule has 0 N–H and O–H groups in total. The molecule has 0 fully saturated rings. The van der Waals surface area contributed by atoms with Crippen molar-refractivity contribution < 1.29 is 8.83 Å². The van der Waals surface area contributed by atoms with Crippen molar-refractivity contribution in [3.05, 3.63) is 194 Å². The topological polar surface area (TPSA) is 42.4 Å². The van der Waals surface area contributed by atoms with Crippen molar-refractivity contribution in [2.45, 2.75) is 0 Å². The molecule has 0 unspecified atom stereocenters. The van der Waals surface area contributed by atoms with Crippen LogP contribution in [0.5, 0.6) is 0 Å². The molecule has 2 aromatic heterocycles. The van der Waals surface area contributed by atoms with Crippen LogP contribution in [0.2, 0.25) is 0 Å². The van der Waals surface area contributed by atoms with Crippen LogP contribution in [0.15, 0.2) is 203 Å². The van der Waals surface area contributed by atoms with Gasteiger partial charge >= 0.3 is 0 Å². The smallest absolute Gasteiger partial charge is 0.227 e. The lowest BCUT2D eigenvalue weighted by Crippen LogP contribution is -2.11. The second-order valence-corrected chi connectivity index (χ2v) is 13.2. The maximum absolute atomic E-state index is 6.79. The first kappa shape index (κ1) is 30.6. The summed E-state index contributed by atoms with van der Waals surface area (Å²) in [5, 5.41) is 1.99. The number of oxazole rings is 1. The average molecular weight is 681 g/mol. The van der Waals surface area contributed by atoms with E-state index in [9.17, 15) is 0 Å². The SMILES string of the molecule is c1ccc(-c2ccc(-c3ccc(N(c4ccccc4-c4ccccc4)c4cccc5c4oc4cc6nc(-c7ccccc7)oc6cc45)cc3)cc2)cc1. The van der Waals surface area contributed by atoms with Crippen molar-refractivity contribution in [3.63, 3.8) is 0 Å². The molecule has 0 aliphatic carbocycles. The van der Waals surface area contributed by atoms with Gasteiger partial charge in [0.15, 0.2) is 11.2 Å². The zero-order valence-corrected chi connectivity index (χ0v) is 28.7. The Labute approximate surface area is 306 Å². The van der Waals surface area contributed by atoms with Crippen LogP contribution in [0.3, 0.4) is 0 Å². The Bertz CT molecular complexity index is 2860. The number of para-hydroxylation sites is 2. The number of fused-ring (bicyclic) bond motifs is 4. The summed E-state index contributed by atoms with van der Waals surface area (Å²) in [5.41, 5.74) is 14.0. The van der Waals surface area contributed by atoms with Crippen LogP contribution < -0.4 is 4.90 Å². The lowest BCUT2D eigenvalue weighted by atomic mass is 9.99. The monoisotopic (exact) mass is 680 g/mol. The highest BCUT2D eigenvalue weighted by molar-refractivity contribution is 6.13. The summed E-state index contributed by atoms with van der Waals surface area (Å²) in [6.45, 7) is 0. The Hall–Kier alpha value is -7.17. The van der Waals surface area contributed by atoms with Crippen molar-refractivity contribution in [3.8, 4) is 44.8 Å². The second kappa shape index (κ2) is 12.9. The third kappa shape index (κ3) is 5.54. The molecular formula is C49H32N2O2. The number of rotatable bonds is 7. The van der Waals surface area contributed by atoms with E-state index < -0.39 is 0 Å². The van der Waals surface area contributed by atoms with Gasteiger partial charge in [-0.3, -0.25) is 0 Å². The fraction of sp³-hybridized carbons (Fsp3) is 0. The molecule has 0 saturated carbocycles. The van der Waals surface area contributed by atoms with E-state index in [1.807, 2.05) is 42.5 Å². The zero-order valence-electron chi connectivity index (χ0n) is 28.7. The molecule has 0 amide bonds. The maximum Gasteiger partial charge on any atom is 0.227 e. The highest BCUT2D eigenvalue weighted by Crippen LogP contribution is 2.46. The van der Waals surface area contributed by atoms with Crippen LogP contribution in [0.25, 0.3) is 77.9 Å². The largest absolute Gasteiger partial charge is 0.454 e. The Morgan fingerprint density at radius 1 is 0.377 bits per heavy atom. The second-order valence-electron chi connectivity index (χ2n) is 13.2. The quantitative estimate of drug-likeness (QED) is 0.168. The third-order valence-corrected chi connectivity index (χ3v) is 9.93. The highest BCUT2D eigenvalue weighted by atomic mass is 16.4. The van der Waals surface area contributed by atoms with Gasteiger partial charge in [-0.15, -0.1) is 0 Å². The van der Waals surface area contributed by atoms with Crippen molar-refractivity contribution in [1.82, 2.24) is 4.98 Å². The average Bonchev–Trinajstić information content (AvgIpc) is 3.83. The number of aromatic nitrogens is 1. The third-order valence-electron chi connectivity index (χ3n) is 9.93. The van der Waals surface area contributed by atoms with Gasteiger partial charge in [-0.2, -0.15) is 0 Å². The normalized spacial score (nSPS) is 11.4. The van der Waals surface area contributed by atoms with Crippen LogP contribution in [0.1, 0.15) is 0 Å². The van der Waals surface area contributed by atoms with Crippen LogP contribution in [-0.4, -0.2) is 4.98 Å². The molecule has 53 heavy (non-hydrogen) atoms. The fourth-order valence-corrected chi connectivity index (χ4v) is 7.31. The molecule has 250 valence electrons. The predicted molar refractivity (Wildman–Crippen MR) is 218 cm³/mol. The molecule has 8 aromatic carbocycles. The van der Waals surface area contributed by atoms with Gasteiger partial charge in [0.05, 0.1) is 11.4 Å². The van der Waals surface area contributed by atoms with E-state index in [2.05, 4.69) is 157 Å². The number of hydrogen-bond acceptors (Lipinski definition) is 4. The summed E-state index contributed by atoms with van der Waals surface area (Å²) in [5.74, 6) is 0.595. The van der Waals surface area contributed by atoms with Gasteiger partial charge in [0.1, 0.15) is 11.1 Å². The lowest BCUT2D eigenvalue weighted by molar-refractivity contribution is 0.620. The molecule has 10 rings (SSSR count). The maximum atomic E-state index is 6.79. The molecule has 0 atom stereocenters. The van der Waals surface area contributed by atoms with Gasteiger partial charge in [-0.25, -0.2) is 4.98 Å². The van der Waals surface area contributed by atoms with E-state index in [1.54, 1.807) is 0 Å². The molecule has 0 bridgehead atoms. The summed E-state index contributed by atoms with van der Waals surface area (Å²) >= 11 is 0. The van der Waals surface area contributed by atoms with Crippen molar-refractivity contribution in [2.75, 3.05) is 4.90 Å². The van der Waals surface area contributed by atoms with Gasteiger partial charge in [-0.05, 0) is 70.3 Å². The molecule has 0 spiro atoms. The summed E-state index contributed by atoms with van der Waals surface area (Å²) in [7, 11) is 0. The molecular weight excluding hydrogens is 649 g/mol. The van der Waals surface area contributed by atoms with Crippen molar-refractivity contribution >= 4 is 50.1 Å². The Morgan fingerprint density at radius 3 is 1.60 bits per heavy atom. The summed E-state index contributed by atoms with van der Waals surface area (Å²) in [6, 6.07) is 67.6. The van der Waals surface area contributed by atoms with E-state index >= 15 is 0 Å². The lowest BCUT2D eigenvalue weighted by Gasteiger charge is -2.28. The predicted octanol–water partition coefficient (Wildman–Crippen LogP) is 13.9. The molecule has 4 nitrogen and oxygen atoms in total. The summed E-state index contributed by atoms with van der Waals surface area (Å²) < 4.78 is 13.1. The molecule has 2 heterocycles. The number of benzene rings is 8. The zero-order chi connectivity index (χ0) is 35.1. The molecule has 10 aromatic rings. The Balaban J connectivity index is 1.11. The van der Waals surface area contributed by atoms with Gasteiger partial charge in [-0.1, -0.05) is 146 Å². The minimum atomic E-state index is 0.595. The number of nitrogens with zero attached hydrogens (tertiary/aromatic N) is 2. The number of anilines is 3. The van der Waals surface area contributed by atoms with E-state index in [0.717, 1.165) is 72.4 Å². The first-order valence-electron chi connectivity index (χ1n) is 17.8. The minimum Gasteiger partial charge on any atom is -0.454 e. The standard InChI is InChI=1S/C49H32N2O2/c1-4-13-33(14-5-1)34-23-25-35(26-24-34)36-27-29-39(30-28-36)51(44-21-11-10-19-40(44)37-15-6-2-7-16-37)45-22-12-20-41-42-31-47-43(32-46(42)52-48(41)45)50-49(53-47)38-17-8-3-9-18-38/h1-32H. The van der Waals surface area contributed by atoms with E-state index in [-0.39, 0.29) is 0 Å². The number of furan rings is 1. The van der Waals surface area contributed by atoms with Crippen molar-refractivity contribution in [1.29, 1.82) is 0 Å². The highest BCUT2D eigenvalue weighted by Gasteiger charge is 2.23. The molecule has 0 aliphatic rings. The van der Waals surface area contributed by atoms with Gasteiger partial charge in [0.25, 0.3) is 0 Å². The Kier molecular flexibility index (Phi) is 7.43. The Morgan fingerprint density at radius 2 is 0.925 bits per heavy atom. The van der Waals surface area contributed by atoms with E-state index in [1.165, 1.54) is 16.7 Å². The van der Waals surface area contributed by atoms with Crippen molar-refractivity contribution in [2.24, 2.45) is 0 Å². The summed E-state index contributed by atoms with van der Waals surface area (Å²) in [4.78, 5) is 7.13. The summed E-state index contributed by atoms with van der Waals surface area (Å²) in [6.07, 6.45) is 0. The fourth-order valence-electron chi connectivity index (χ4n) is 7.31. The minimum absolute atomic E-state index is 0.595. The van der Waals surface area contributed by atoms with Crippen LogP contribution >= 0.6 is 0 Å². The van der Waals surface area contributed by atoms with E-state index in [0.29, 0.717) is 5.89 Å². The van der Waals surface area contributed by atoms with Gasteiger partial charge < -0.3 is 13.7 Å². The molecule has 0 aliphatic heterocycles.